The number of anilines is 3. The highest BCUT2D eigenvalue weighted by atomic mass is 15.1. The van der Waals surface area contributed by atoms with Crippen molar-refractivity contribution in [3.8, 4) is 6.07 Å². The van der Waals surface area contributed by atoms with Crippen molar-refractivity contribution in [2.75, 3.05) is 17.2 Å². The number of nitrogens with one attached hydrogen (secondary N) is 2. The van der Waals surface area contributed by atoms with E-state index in [0.29, 0.717) is 5.56 Å². The Morgan fingerprint density at radius 2 is 1.85 bits per heavy atom. The number of hydrogen-bond acceptors (Lipinski definition) is 5. The van der Waals surface area contributed by atoms with E-state index in [1.54, 1.807) is 12.1 Å². The molecule has 0 aliphatic heterocycles. The molecule has 1 heterocycles. The Labute approximate surface area is 118 Å². The molecule has 0 saturated heterocycles. The molecule has 20 heavy (non-hydrogen) atoms. The van der Waals surface area contributed by atoms with Crippen LogP contribution in [0.25, 0.3) is 0 Å². The number of rotatable bonds is 5. The molecule has 0 unspecified atom stereocenters. The minimum atomic E-state index is 0.639. The quantitative estimate of drug-likeness (QED) is 0.870. The lowest BCUT2D eigenvalue weighted by Gasteiger charge is -2.12. The van der Waals surface area contributed by atoms with Crippen LogP contribution in [0.1, 0.15) is 24.5 Å². The maximum Gasteiger partial charge on any atom is 0.138 e. The smallest absolute Gasteiger partial charge is 0.138 e. The van der Waals surface area contributed by atoms with Crippen LogP contribution < -0.4 is 10.6 Å². The summed E-state index contributed by atoms with van der Waals surface area (Å²) >= 11 is 0. The molecule has 0 fully saturated rings. The summed E-state index contributed by atoms with van der Waals surface area (Å²) in [6.07, 6.45) is 2.58. The lowest BCUT2D eigenvalue weighted by Crippen LogP contribution is -2.06. The van der Waals surface area contributed by atoms with Gasteiger partial charge in [0.05, 0.1) is 11.6 Å². The SMILES string of the molecule is CCCNc1ncnc(Nc2ccc(C#N)cc2)c1C. The van der Waals surface area contributed by atoms with E-state index >= 15 is 0 Å². The van der Waals surface area contributed by atoms with E-state index in [1.807, 2.05) is 19.1 Å². The Balaban J connectivity index is 2.18. The zero-order valence-electron chi connectivity index (χ0n) is 11.6. The molecule has 0 bridgehead atoms. The van der Waals surface area contributed by atoms with Crippen LogP contribution in [-0.4, -0.2) is 16.5 Å². The van der Waals surface area contributed by atoms with Crippen LogP contribution in [0.15, 0.2) is 30.6 Å². The van der Waals surface area contributed by atoms with Crippen molar-refractivity contribution in [1.82, 2.24) is 9.97 Å². The average molecular weight is 267 g/mol. The molecule has 1 aromatic carbocycles. The Bertz CT molecular complexity index is 613. The third kappa shape index (κ3) is 3.23. The molecular formula is C15H17N5. The fourth-order valence-corrected chi connectivity index (χ4v) is 1.76. The third-order valence-corrected chi connectivity index (χ3v) is 2.90. The minimum absolute atomic E-state index is 0.639. The summed E-state index contributed by atoms with van der Waals surface area (Å²) in [5.74, 6) is 1.61. The van der Waals surface area contributed by atoms with Crippen LogP contribution in [0.4, 0.5) is 17.3 Å². The van der Waals surface area contributed by atoms with Crippen LogP contribution in [0.5, 0.6) is 0 Å². The maximum atomic E-state index is 8.78. The van der Waals surface area contributed by atoms with Crippen molar-refractivity contribution in [3.63, 3.8) is 0 Å². The highest BCUT2D eigenvalue weighted by molar-refractivity contribution is 5.64. The first-order chi connectivity index (χ1) is 9.74. The Kier molecular flexibility index (Phi) is 4.51. The van der Waals surface area contributed by atoms with Gasteiger partial charge in [0.2, 0.25) is 0 Å². The Morgan fingerprint density at radius 3 is 2.50 bits per heavy atom. The van der Waals surface area contributed by atoms with Crippen molar-refractivity contribution in [3.05, 3.63) is 41.7 Å². The second kappa shape index (κ2) is 6.53. The zero-order chi connectivity index (χ0) is 14.4. The molecule has 2 N–H and O–H groups in total. The highest BCUT2D eigenvalue weighted by Crippen LogP contribution is 2.22. The molecule has 1 aromatic heterocycles. The first kappa shape index (κ1) is 13.8. The van der Waals surface area contributed by atoms with E-state index < -0.39 is 0 Å². The van der Waals surface area contributed by atoms with E-state index in [2.05, 4.69) is 33.6 Å². The molecule has 0 radical (unpaired) electrons. The van der Waals surface area contributed by atoms with Crippen molar-refractivity contribution in [1.29, 1.82) is 5.26 Å². The van der Waals surface area contributed by atoms with Crippen LogP contribution in [0.3, 0.4) is 0 Å². The number of nitriles is 1. The predicted molar refractivity (Wildman–Crippen MR) is 80.0 cm³/mol. The maximum absolute atomic E-state index is 8.78. The molecule has 0 aliphatic carbocycles. The van der Waals surface area contributed by atoms with Crippen LogP contribution in [0, 0.1) is 18.3 Å². The number of nitrogens with zero attached hydrogens (tertiary/aromatic N) is 3. The molecular weight excluding hydrogens is 250 g/mol. The normalized spacial score (nSPS) is 9.85. The van der Waals surface area contributed by atoms with Gasteiger partial charge >= 0.3 is 0 Å². The summed E-state index contributed by atoms with van der Waals surface area (Å²) in [4.78, 5) is 8.50. The highest BCUT2D eigenvalue weighted by Gasteiger charge is 2.06. The zero-order valence-corrected chi connectivity index (χ0v) is 11.6. The van der Waals surface area contributed by atoms with Crippen molar-refractivity contribution in [2.24, 2.45) is 0 Å². The summed E-state index contributed by atoms with van der Waals surface area (Å²) in [6, 6.07) is 9.36. The largest absolute Gasteiger partial charge is 0.370 e. The van der Waals surface area contributed by atoms with Gasteiger partial charge in [0.1, 0.15) is 18.0 Å². The molecule has 102 valence electrons. The van der Waals surface area contributed by atoms with Crippen LogP contribution >= 0.6 is 0 Å². The number of aromatic nitrogens is 2. The second-order valence-electron chi connectivity index (χ2n) is 4.44. The van der Waals surface area contributed by atoms with Crippen LogP contribution in [0.2, 0.25) is 0 Å². The minimum Gasteiger partial charge on any atom is -0.370 e. The topological polar surface area (TPSA) is 73.6 Å². The third-order valence-electron chi connectivity index (χ3n) is 2.90. The summed E-state index contributed by atoms with van der Waals surface area (Å²) in [7, 11) is 0. The molecule has 5 heteroatoms. The first-order valence-electron chi connectivity index (χ1n) is 6.57. The van der Waals surface area contributed by atoms with Gasteiger partial charge in [-0.2, -0.15) is 5.26 Å². The van der Waals surface area contributed by atoms with Gasteiger partial charge in [0.15, 0.2) is 0 Å². The number of hydrogen-bond donors (Lipinski definition) is 2. The van der Waals surface area contributed by atoms with E-state index in [0.717, 1.165) is 35.9 Å². The fourth-order valence-electron chi connectivity index (χ4n) is 1.76. The van der Waals surface area contributed by atoms with Crippen LogP contribution in [-0.2, 0) is 0 Å². The van der Waals surface area contributed by atoms with Crippen molar-refractivity contribution < 1.29 is 0 Å². The summed E-state index contributed by atoms with van der Waals surface area (Å²) < 4.78 is 0. The molecule has 0 saturated carbocycles. The van der Waals surface area contributed by atoms with E-state index in [4.69, 9.17) is 5.26 Å². The van der Waals surface area contributed by atoms with Gasteiger partial charge in [-0.25, -0.2) is 9.97 Å². The molecule has 5 nitrogen and oxygen atoms in total. The van der Waals surface area contributed by atoms with Gasteiger partial charge in [-0.15, -0.1) is 0 Å². The Morgan fingerprint density at radius 1 is 1.15 bits per heavy atom. The lowest BCUT2D eigenvalue weighted by molar-refractivity contribution is 0.960. The van der Waals surface area contributed by atoms with E-state index in [9.17, 15) is 0 Å². The molecule has 2 rings (SSSR count). The standard InChI is InChI=1S/C15H17N5/c1-3-8-17-14-11(2)15(19-10-18-14)20-13-6-4-12(9-16)5-7-13/h4-7,10H,3,8H2,1-2H3,(H2,17,18,19,20). The molecule has 0 atom stereocenters. The van der Waals surface area contributed by atoms with Crippen molar-refractivity contribution in [2.45, 2.75) is 20.3 Å². The van der Waals surface area contributed by atoms with Gasteiger partial charge in [0, 0.05) is 17.8 Å². The first-order valence-corrected chi connectivity index (χ1v) is 6.57. The lowest BCUT2D eigenvalue weighted by atomic mass is 10.2. The average Bonchev–Trinajstić information content (AvgIpc) is 2.49. The van der Waals surface area contributed by atoms with Crippen molar-refractivity contribution >= 4 is 17.3 Å². The van der Waals surface area contributed by atoms with Gasteiger partial charge in [0.25, 0.3) is 0 Å². The number of benzene rings is 1. The predicted octanol–water partition coefficient (Wildman–Crippen LogP) is 3.22. The summed E-state index contributed by atoms with van der Waals surface area (Å²) in [5.41, 5.74) is 2.51. The molecule has 0 spiro atoms. The molecule has 0 amide bonds. The second-order valence-corrected chi connectivity index (χ2v) is 4.44. The van der Waals surface area contributed by atoms with Gasteiger partial charge in [-0.1, -0.05) is 6.92 Å². The molecule has 2 aromatic rings. The fraction of sp³-hybridized carbons (Fsp3) is 0.267. The monoisotopic (exact) mass is 267 g/mol. The summed E-state index contributed by atoms with van der Waals surface area (Å²) in [5, 5.41) is 15.3. The summed E-state index contributed by atoms with van der Waals surface area (Å²) in [6.45, 7) is 4.97. The van der Waals surface area contributed by atoms with Gasteiger partial charge in [-0.3, -0.25) is 0 Å². The van der Waals surface area contributed by atoms with E-state index in [-0.39, 0.29) is 0 Å². The Hall–Kier alpha value is -2.61. The van der Waals surface area contributed by atoms with Gasteiger partial charge < -0.3 is 10.6 Å². The van der Waals surface area contributed by atoms with E-state index in [1.165, 1.54) is 6.33 Å². The van der Waals surface area contributed by atoms with Gasteiger partial charge in [-0.05, 0) is 37.6 Å². The molecule has 0 aliphatic rings.